The molecule has 0 aliphatic carbocycles. The zero-order chi connectivity index (χ0) is 11.0. The molecule has 0 amide bonds. The molecule has 0 bridgehead atoms. The third kappa shape index (κ3) is 2.25. The number of carbonyl (C=O) groups is 1. The first kappa shape index (κ1) is 11.5. The molecule has 1 saturated heterocycles. The molecule has 1 aliphatic rings. The molecule has 0 aromatic carbocycles. The number of carboxylic acids is 1. The highest BCUT2D eigenvalue weighted by Gasteiger charge is 2.47. The second-order valence-corrected chi connectivity index (χ2v) is 4.95. The molecule has 1 aliphatic heterocycles. The van der Waals surface area contributed by atoms with Gasteiger partial charge in [0.2, 0.25) is 0 Å². The van der Waals surface area contributed by atoms with Gasteiger partial charge < -0.3 is 15.6 Å². The van der Waals surface area contributed by atoms with Crippen LogP contribution in [0.1, 0.15) is 33.6 Å². The molecule has 1 heterocycles. The Morgan fingerprint density at radius 3 is 2.50 bits per heavy atom. The van der Waals surface area contributed by atoms with E-state index in [2.05, 4.69) is 0 Å². The number of hydrogen-bond donors (Lipinski definition) is 2. The molecule has 1 rings (SSSR count). The van der Waals surface area contributed by atoms with Crippen LogP contribution >= 0.6 is 0 Å². The Balaban J connectivity index is 2.80. The van der Waals surface area contributed by atoms with Crippen molar-refractivity contribution in [1.82, 2.24) is 0 Å². The molecule has 0 spiro atoms. The van der Waals surface area contributed by atoms with Gasteiger partial charge in [0.25, 0.3) is 0 Å². The minimum Gasteiger partial charge on any atom is -0.481 e. The van der Waals surface area contributed by atoms with E-state index in [0.717, 1.165) is 0 Å². The fraction of sp³-hybridized carbons (Fsp3) is 0.900. The zero-order valence-corrected chi connectivity index (χ0v) is 9.04. The zero-order valence-electron chi connectivity index (χ0n) is 9.04. The summed E-state index contributed by atoms with van der Waals surface area (Å²) >= 11 is 0. The second kappa shape index (κ2) is 3.51. The van der Waals surface area contributed by atoms with Gasteiger partial charge in [-0.2, -0.15) is 0 Å². The largest absolute Gasteiger partial charge is 0.481 e. The van der Waals surface area contributed by atoms with E-state index in [-0.39, 0.29) is 18.1 Å². The van der Waals surface area contributed by atoms with Crippen molar-refractivity contribution in [2.45, 2.75) is 45.3 Å². The van der Waals surface area contributed by atoms with Gasteiger partial charge in [0.05, 0.1) is 18.6 Å². The van der Waals surface area contributed by atoms with E-state index in [1.165, 1.54) is 0 Å². The molecule has 82 valence electrons. The maximum atomic E-state index is 10.8. The quantitative estimate of drug-likeness (QED) is 0.714. The summed E-state index contributed by atoms with van der Waals surface area (Å²) < 4.78 is 5.58. The fourth-order valence-corrected chi connectivity index (χ4v) is 2.16. The van der Waals surface area contributed by atoms with Crippen molar-refractivity contribution in [3.05, 3.63) is 0 Å². The SMILES string of the molecule is CC(N)C1(CC(=O)O)COC(C)(C)C1. The molecule has 1 fully saturated rings. The molecule has 0 radical (unpaired) electrons. The van der Waals surface area contributed by atoms with Crippen LogP contribution in [0, 0.1) is 5.41 Å². The van der Waals surface area contributed by atoms with Crippen molar-refractivity contribution in [2.24, 2.45) is 11.1 Å². The van der Waals surface area contributed by atoms with Gasteiger partial charge in [-0.05, 0) is 27.2 Å². The normalized spacial score (nSPS) is 32.9. The lowest BCUT2D eigenvalue weighted by Gasteiger charge is -2.30. The lowest BCUT2D eigenvalue weighted by atomic mass is 9.74. The Hall–Kier alpha value is -0.610. The summed E-state index contributed by atoms with van der Waals surface area (Å²) in [5.74, 6) is -0.802. The maximum absolute atomic E-state index is 10.8. The number of ether oxygens (including phenoxy) is 1. The summed E-state index contributed by atoms with van der Waals surface area (Å²) in [5, 5.41) is 8.85. The van der Waals surface area contributed by atoms with Crippen molar-refractivity contribution < 1.29 is 14.6 Å². The monoisotopic (exact) mass is 201 g/mol. The summed E-state index contributed by atoms with van der Waals surface area (Å²) in [6, 6.07) is -0.152. The molecule has 0 saturated carbocycles. The van der Waals surface area contributed by atoms with Gasteiger partial charge in [-0.3, -0.25) is 4.79 Å². The third-order valence-corrected chi connectivity index (χ3v) is 3.00. The van der Waals surface area contributed by atoms with E-state index in [1.807, 2.05) is 20.8 Å². The van der Waals surface area contributed by atoms with Crippen LogP contribution in [0.4, 0.5) is 0 Å². The van der Waals surface area contributed by atoms with Crippen LogP contribution < -0.4 is 5.73 Å². The van der Waals surface area contributed by atoms with Gasteiger partial charge in [-0.1, -0.05) is 0 Å². The number of hydrogen-bond acceptors (Lipinski definition) is 3. The van der Waals surface area contributed by atoms with Crippen molar-refractivity contribution in [2.75, 3.05) is 6.61 Å². The van der Waals surface area contributed by atoms with Crippen LogP contribution in [0.2, 0.25) is 0 Å². The number of rotatable bonds is 3. The molecule has 0 aromatic rings. The Bertz CT molecular complexity index is 238. The van der Waals surface area contributed by atoms with Crippen molar-refractivity contribution >= 4 is 5.97 Å². The highest BCUT2D eigenvalue weighted by Crippen LogP contribution is 2.43. The van der Waals surface area contributed by atoms with Gasteiger partial charge in [0.1, 0.15) is 0 Å². The van der Waals surface area contributed by atoms with Crippen LogP contribution in [0.5, 0.6) is 0 Å². The second-order valence-electron chi connectivity index (χ2n) is 4.95. The van der Waals surface area contributed by atoms with Crippen LogP contribution in [-0.4, -0.2) is 29.3 Å². The average molecular weight is 201 g/mol. The maximum Gasteiger partial charge on any atom is 0.304 e. The van der Waals surface area contributed by atoms with E-state index in [9.17, 15) is 4.79 Å². The van der Waals surface area contributed by atoms with E-state index in [1.54, 1.807) is 0 Å². The standard InChI is InChI=1S/C10H19NO3/c1-7(11)10(4-8(12)13)5-9(2,3)14-6-10/h7H,4-6,11H2,1-3H3,(H,12,13). The highest BCUT2D eigenvalue weighted by molar-refractivity contribution is 5.68. The average Bonchev–Trinajstić information content (AvgIpc) is 2.26. The summed E-state index contributed by atoms with van der Waals surface area (Å²) in [6.45, 7) is 6.25. The lowest BCUT2D eigenvalue weighted by molar-refractivity contribution is -0.140. The first-order valence-electron chi connectivity index (χ1n) is 4.89. The minimum absolute atomic E-state index is 0.0914. The Labute approximate surface area is 84.4 Å². The molecule has 0 aromatic heterocycles. The molecule has 3 N–H and O–H groups in total. The molecule has 4 heteroatoms. The van der Waals surface area contributed by atoms with Crippen LogP contribution in [0.15, 0.2) is 0 Å². The Kier molecular flexibility index (Phi) is 2.88. The van der Waals surface area contributed by atoms with Gasteiger partial charge in [0, 0.05) is 11.5 Å². The smallest absolute Gasteiger partial charge is 0.304 e. The van der Waals surface area contributed by atoms with Crippen LogP contribution in [0.25, 0.3) is 0 Å². The Morgan fingerprint density at radius 2 is 2.21 bits per heavy atom. The van der Waals surface area contributed by atoms with Crippen LogP contribution in [0.3, 0.4) is 0 Å². The highest BCUT2D eigenvalue weighted by atomic mass is 16.5. The molecular formula is C10H19NO3. The summed E-state index contributed by atoms with van der Waals surface area (Å²) in [7, 11) is 0. The predicted molar refractivity (Wildman–Crippen MR) is 53.0 cm³/mol. The summed E-state index contributed by atoms with van der Waals surface area (Å²) in [4.78, 5) is 10.8. The molecule has 14 heavy (non-hydrogen) atoms. The number of carboxylic acid groups (broad SMARTS) is 1. The van der Waals surface area contributed by atoms with Crippen molar-refractivity contribution in [3.8, 4) is 0 Å². The van der Waals surface area contributed by atoms with Gasteiger partial charge in [-0.25, -0.2) is 0 Å². The summed E-state index contributed by atoms with van der Waals surface area (Å²) in [6.07, 6.45) is 0.804. The topological polar surface area (TPSA) is 72.6 Å². The molecule has 4 nitrogen and oxygen atoms in total. The predicted octanol–water partition coefficient (Wildman–Crippen LogP) is 0.994. The van der Waals surface area contributed by atoms with Gasteiger partial charge >= 0.3 is 5.97 Å². The van der Waals surface area contributed by atoms with Gasteiger partial charge in [-0.15, -0.1) is 0 Å². The van der Waals surface area contributed by atoms with Crippen LogP contribution in [-0.2, 0) is 9.53 Å². The van der Waals surface area contributed by atoms with Crippen molar-refractivity contribution in [1.29, 1.82) is 0 Å². The van der Waals surface area contributed by atoms with E-state index in [0.29, 0.717) is 13.0 Å². The molecule has 2 atom stereocenters. The number of aliphatic carboxylic acids is 1. The van der Waals surface area contributed by atoms with E-state index < -0.39 is 11.4 Å². The fourth-order valence-electron chi connectivity index (χ4n) is 2.16. The first-order chi connectivity index (χ1) is 6.27. The Morgan fingerprint density at radius 1 is 1.64 bits per heavy atom. The molecular weight excluding hydrogens is 182 g/mol. The number of nitrogens with two attached hydrogens (primary N) is 1. The molecule has 2 unspecified atom stereocenters. The minimum atomic E-state index is -0.802. The lowest BCUT2D eigenvalue weighted by Crippen LogP contribution is -2.42. The first-order valence-corrected chi connectivity index (χ1v) is 4.89. The van der Waals surface area contributed by atoms with E-state index >= 15 is 0 Å². The summed E-state index contributed by atoms with van der Waals surface area (Å²) in [5.41, 5.74) is 5.22. The van der Waals surface area contributed by atoms with E-state index in [4.69, 9.17) is 15.6 Å². The van der Waals surface area contributed by atoms with Gasteiger partial charge in [0.15, 0.2) is 0 Å². The third-order valence-electron chi connectivity index (χ3n) is 3.00. The van der Waals surface area contributed by atoms with Crippen molar-refractivity contribution in [3.63, 3.8) is 0 Å².